The van der Waals surface area contributed by atoms with E-state index in [1.54, 1.807) is 6.92 Å². The fourth-order valence-electron chi connectivity index (χ4n) is 2.50. The Morgan fingerprint density at radius 1 is 1.46 bits per heavy atom. The second kappa shape index (κ2) is 6.28. The van der Waals surface area contributed by atoms with Crippen LogP contribution >= 0.6 is 0 Å². The number of hydrogen-bond donors (Lipinski definition) is 5. The first-order chi connectivity index (χ1) is 11.5. The summed E-state index contributed by atoms with van der Waals surface area (Å²) >= 11 is 0. The predicted molar refractivity (Wildman–Crippen MR) is 80.1 cm³/mol. The summed E-state index contributed by atoms with van der Waals surface area (Å²) in [7, 11) is 0. The molecule has 2 aromatic rings. The van der Waals surface area contributed by atoms with Gasteiger partial charge in [0.1, 0.15) is 18.3 Å². The van der Waals surface area contributed by atoms with Crippen molar-refractivity contribution in [2.45, 2.75) is 37.9 Å². The van der Waals surface area contributed by atoms with Crippen LogP contribution in [0.15, 0.2) is 11.1 Å². The maximum atomic E-state index is 12.0. The van der Waals surface area contributed by atoms with Crippen molar-refractivity contribution in [3.63, 3.8) is 0 Å². The Labute approximate surface area is 134 Å². The highest BCUT2D eigenvalue weighted by Crippen LogP contribution is 2.30. The molecular formula is C13H17N5O6. The van der Waals surface area contributed by atoms with Gasteiger partial charge in [-0.25, -0.2) is 4.98 Å². The Morgan fingerprint density at radius 3 is 2.83 bits per heavy atom. The molecule has 1 saturated heterocycles. The second-order valence-electron chi connectivity index (χ2n) is 5.37. The van der Waals surface area contributed by atoms with Crippen molar-refractivity contribution >= 4 is 23.0 Å². The summed E-state index contributed by atoms with van der Waals surface area (Å²) in [5, 5.41) is 31.5. The lowest BCUT2D eigenvalue weighted by atomic mass is 10.1. The minimum absolute atomic E-state index is 0.0118. The summed E-state index contributed by atoms with van der Waals surface area (Å²) in [4.78, 5) is 33.9. The van der Waals surface area contributed by atoms with E-state index in [2.05, 4.69) is 20.3 Å². The van der Waals surface area contributed by atoms with Gasteiger partial charge >= 0.3 is 0 Å². The highest BCUT2D eigenvalue weighted by Gasteiger charge is 2.44. The molecule has 130 valence electrons. The number of rotatable bonds is 4. The lowest BCUT2D eigenvalue weighted by Gasteiger charge is -2.16. The number of H-pyrrole nitrogens is 1. The van der Waals surface area contributed by atoms with Gasteiger partial charge in [0.15, 0.2) is 17.4 Å². The number of anilines is 1. The first-order valence-electron chi connectivity index (χ1n) is 7.35. The van der Waals surface area contributed by atoms with Crippen molar-refractivity contribution < 1.29 is 24.9 Å². The zero-order chi connectivity index (χ0) is 17.4. The number of aliphatic hydroxyl groups excluding tert-OH is 3. The van der Waals surface area contributed by atoms with E-state index >= 15 is 0 Å². The summed E-state index contributed by atoms with van der Waals surface area (Å²) in [5.41, 5.74) is -0.515. The van der Waals surface area contributed by atoms with Gasteiger partial charge in [0.05, 0.1) is 12.9 Å². The molecule has 11 heteroatoms. The van der Waals surface area contributed by atoms with Crippen LogP contribution in [0.3, 0.4) is 0 Å². The summed E-state index contributed by atoms with van der Waals surface area (Å²) in [6.07, 6.45) is -3.24. The van der Waals surface area contributed by atoms with Crippen LogP contribution in [0.5, 0.6) is 0 Å². The smallest absolute Gasteiger partial charge is 0.280 e. The second-order valence-corrected chi connectivity index (χ2v) is 5.37. The Bertz CT molecular complexity index is 817. The Morgan fingerprint density at radius 2 is 2.21 bits per heavy atom. The normalized spacial score (nSPS) is 26.8. The third-order valence-electron chi connectivity index (χ3n) is 3.80. The quantitative estimate of drug-likeness (QED) is 0.430. The lowest BCUT2D eigenvalue weighted by Crippen LogP contribution is -2.33. The number of aromatic nitrogens is 4. The number of aromatic amines is 1. The van der Waals surface area contributed by atoms with Gasteiger partial charge in [-0.2, -0.15) is 4.98 Å². The van der Waals surface area contributed by atoms with Crippen LogP contribution in [0, 0.1) is 0 Å². The van der Waals surface area contributed by atoms with Gasteiger partial charge in [-0.05, 0) is 0 Å². The fourth-order valence-corrected chi connectivity index (χ4v) is 2.50. The molecule has 0 bridgehead atoms. The van der Waals surface area contributed by atoms with E-state index in [0.29, 0.717) is 0 Å². The van der Waals surface area contributed by atoms with Gasteiger partial charge in [-0.1, -0.05) is 6.92 Å². The van der Waals surface area contributed by atoms with Crippen LogP contribution in [0.25, 0.3) is 11.2 Å². The minimum atomic E-state index is -1.34. The van der Waals surface area contributed by atoms with Gasteiger partial charge < -0.3 is 20.1 Å². The monoisotopic (exact) mass is 339 g/mol. The molecule has 4 unspecified atom stereocenters. The number of fused-ring (bicyclic) bond motifs is 1. The predicted octanol–water partition coefficient (Wildman–Crippen LogP) is -1.92. The van der Waals surface area contributed by atoms with Crippen LogP contribution in [0.2, 0.25) is 0 Å². The highest BCUT2D eigenvalue weighted by atomic mass is 16.6. The molecule has 0 spiro atoms. The van der Waals surface area contributed by atoms with Gasteiger partial charge in [0.25, 0.3) is 5.56 Å². The number of imidazole rings is 1. The summed E-state index contributed by atoms with van der Waals surface area (Å²) in [6, 6.07) is 0. The van der Waals surface area contributed by atoms with Gasteiger partial charge in [-0.3, -0.25) is 24.5 Å². The molecule has 1 amide bonds. The largest absolute Gasteiger partial charge is 0.394 e. The molecule has 5 N–H and O–H groups in total. The molecule has 2 aromatic heterocycles. The minimum Gasteiger partial charge on any atom is -0.394 e. The van der Waals surface area contributed by atoms with E-state index in [0.717, 1.165) is 0 Å². The third-order valence-corrected chi connectivity index (χ3v) is 3.80. The number of carbonyl (C=O) groups excluding carboxylic acids is 1. The highest BCUT2D eigenvalue weighted by molar-refractivity contribution is 5.89. The van der Waals surface area contributed by atoms with Crippen molar-refractivity contribution in [1.82, 2.24) is 19.5 Å². The standard InChI is InChI=1S/C13H17N5O6/c1-2-6(20)15-13-16-10-7(11(23)17-13)14-4-18(10)12-9(22)8(21)5(3-19)24-12/h4-5,8-9,12,19,21-22H,2-3H2,1H3,(H2,15,16,17,20,23). The molecule has 3 rings (SSSR count). The van der Waals surface area contributed by atoms with Gasteiger partial charge in [0.2, 0.25) is 11.9 Å². The molecule has 24 heavy (non-hydrogen) atoms. The SMILES string of the molecule is CCC(=O)Nc1nc2c(ncn2C2OC(CO)C(O)C2O)c(=O)[nH]1. The molecule has 1 aliphatic rings. The van der Waals surface area contributed by atoms with Crippen molar-refractivity contribution in [3.8, 4) is 0 Å². The molecule has 0 radical (unpaired) electrons. The number of amides is 1. The van der Waals surface area contributed by atoms with Gasteiger partial charge in [-0.15, -0.1) is 0 Å². The van der Waals surface area contributed by atoms with Crippen molar-refractivity contribution in [3.05, 3.63) is 16.7 Å². The average molecular weight is 339 g/mol. The molecule has 4 atom stereocenters. The summed E-state index contributed by atoms with van der Waals surface area (Å²) in [6.45, 7) is 1.17. The number of aliphatic hydroxyl groups is 3. The number of carbonyl (C=O) groups is 1. The average Bonchev–Trinajstić information content (AvgIpc) is 3.10. The zero-order valence-corrected chi connectivity index (χ0v) is 12.7. The Hall–Kier alpha value is -2.34. The van der Waals surface area contributed by atoms with Crippen LogP contribution in [-0.4, -0.2) is 65.7 Å². The topological polar surface area (TPSA) is 163 Å². The molecule has 1 fully saturated rings. The maximum Gasteiger partial charge on any atom is 0.280 e. The molecule has 0 aliphatic carbocycles. The van der Waals surface area contributed by atoms with E-state index < -0.39 is 36.7 Å². The molecule has 3 heterocycles. The molecule has 11 nitrogen and oxygen atoms in total. The van der Waals surface area contributed by atoms with Crippen molar-refractivity contribution in [1.29, 1.82) is 0 Å². The van der Waals surface area contributed by atoms with Crippen molar-refractivity contribution in [2.24, 2.45) is 0 Å². The number of ether oxygens (including phenoxy) is 1. The molecular weight excluding hydrogens is 322 g/mol. The van der Waals surface area contributed by atoms with Crippen LogP contribution in [-0.2, 0) is 9.53 Å². The first kappa shape index (κ1) is 16.5. The van der Waals surface area contributed by atoms with E-state index in [-0.39, 0.29) is 29.4 Å². The van der Waals surface area contributed by atoms with Gasteiger partial charge in [0, 0.05) is 6.42 Å². The first-order valence-corrected chi connectivity index (χ1v) is 7.35. The van der Waals surface area contributed by atoms with E-state index in [1.807, 2.05) is 0 Å². The van der Waals surface area contributed by atoms with E-state index in [1.165, 1.54) is 10.9 Å². The maximum absolute atomic E-state index is 12.0. The van der Waals surface area contributed by atoms with E-state index in [9.17, 15) is 19.8 Å². The molecule has 0 aromatic carbocycles. The fraction of sp³-hybridized carbons (Fsp3) is 0.538. The molecule has 1 aliphatic heterocycles. The summed E-state index contributed by atoms with van der Waals surface area (Å²) < 4.78 is 6.68. The number of nitrogens with one attached hydrogen (secondary N) is 2. The van der Waals surface area contributed by atoms with Crippen LogP contribution in [0.4, 0.5) is 5.95 Å². The zero-order valence-electron chi connectivity index (χ0n) is 12.7. The Balaban J connectivity index is 2.03. The van der Waals surface area contributed by atoms with Crippen molar-refractivity contribution in [2.75, 3.05) is 11.9 Å². The van der Waals surface area contributed by atoms with E-state index in [4.69, 9.17) is 9.84 Å². The lowest BCUT2D eigenvalue weighted by molar-refractivity contribution is -0.115. The summed E-state index contributed by atoms with van der Waals surface area (Å²) in [5.74, 6) is -0.399. The molecule has 0 saturated carbocycles. The number of nitrogens with zero attached hydrogens (tertiary/aromatic N) is 3. The van der Waals surface area contributed by atoms with Crippen LogP contribution in [0.1, 0.15) is 19.6 Å². The van der Waals surface area contributed by atoms with Crippen LogP contribution < -0.4 is 10.9 Å². The Kier molecular flexibility index (Phi) is 4.32. The number of hydrogen-bond acceptors (Lipinski definition) is 8. The third kappa shape index (κ3) is 2.67.